The van der Waals surface area contributed by atoms with Crippen molar-refractivity contribution in [2.24, 2.45) is 0 Å². The first-order valence-corrected chi connectivity index (χ1v) is 10.9. The van der Waals surface area contributed by atoms with Gasteiger partial charge in [-0.2, -0.15) is 18.6 Å². The predicted octanol–water partition coefficient (Wildman–Crippen LogP) is 2.73. The maximum atomic E-state index is 14.5. The van der Waals surface area contributed by atoms with Crippen molar-refractivity contribution in [2.45, 2.75) is 19.4 Å². The van der Waals surface area contributed by atoms with Crippen molar-refractivity contribution >= 4 is 47.4 Å². The number of ketones is 2. The smallest absolute Gasteiger partial charge is 0.285 e. The molecule has 36 heavy (non-hydrogen) atoms. The highest BCUT2D eigenvalue weighted by molar-refractivity contribution is 7.59. The van der Waals surface area contributed by atoms with Crippen molar-refractivity contribution in [3.63, 3.8) is 0 Å². The molecule has 0 unspecified atom stereocenters. The summed E-state index contributed by atoms with van der Waals surface area (Å²) in [5, 5.41) is 5.07. The lowest BCUT2D eigenvalue weighted by Crippen LogP contribution is -2.33. The first-order chi connectivity index (χ1) is 16.9. The maximum Gasteiger partial charge on any atom is 0.285 e. The first-order valence-electron chi connectivity index (χ1n) is 10.9. The van der Waals surface area contributed by atoms with Crippen molar-refractivity contribution in [2.75, 3.05) is 11.4 Å². The summed E-state index contributed by atoms with van der Waals surface area (Å²) in [5.41, 5.74) is 0.547. The van der Waals surface area contributed by atoms with Crippen molar-refractivity contribution < 1.29 is 14.0 Å². The van der Waals surface area contributed by atoms with Crippen LogP contribution in [-0.4, -0.2) is 47.2 Å². The van der Waals surface area contributed by atoms with Gasteiger partial charge in [0.1, 0.15) is 17.8 Å². The fourth-order valence-electron chi connectivity index (χ4n) is 4.68. The molecule has 10 nitrogen and oxygen atoms in total. The topological polar surface area (TPSA) is 118 Å². The highest BCUT2D eigenvalue weighted by atomic mass is 32.1. The molecule has 0 spiro atoms. The van der Waals surface area contributed by atoms with E-state index in [2.05, 4.69) is 20.1 Å². The summed E-state index contributed by atoms with van der Waals surface area (Å²) >= 11 is 0. The van der Waals surface area contributed by atoms with Gasteiger partial charge < -0.3 is 9.88 Å². The average Bonchev–Trinajstić information content (AvgIpc) is 3.56. The highest BCUT2D eigenvalue weighted by Gasteiger charge is 2.38. The maximum absolute atomic E-state index is 14.5. The van der Waals surface area contributed by atoms with E-state index in [1.165, 1.54) is 34.6 Å². The molecular weight excluding hydrogens is 485 g/mol. The van der Waals surface area contributed by atoms with Gasteiger partial charge in [-0.1, -0.05) is 18.2 Å². The monoisotopic (exact) mass is 505 g/mol. The molecule has 1 N–H and O–H groups in total. The van der Waals surface area contributed by atoms with Crippen LogP contribution in [0.2, 0.25) is 0 Å². The van der Waals surface area contributed by atoms with Crippen LogP contribution in [-0.2, 0) is 4.79 Å². The van der Waals surface area contributed by atoms with E-state index < -0.39 is 17.4 Å². The van der Waals surface area contributed by atoms with Crippen LogP contribution in [0.5, 0.6) is 0 Å². The van der Waals surface area contributed by atoms with Crippen LogP contribution < -0.4 is 10.5 Å². The molecule has 182 valence electrons. The molecule has 12 heteroatoms. The van der Waals surface area contributed by atoms with Gasteiger partial charge in [-0.3, -0.25) is 19.0 Å². The molecule has 6 rings (SSSR count). The summed E-state index contributed by atoms with van der Waals surface area (Å²) in [6.07, 6.45) is 4.33. The molecule has 5 aromatic rings. The third-order valence-electron chi connectivity index (χ3n) is 6.22. The number of hydrogen-bond acceptors (Lipinski definition) is 7. The average molecular weight is 506 g/mol. The van der Waals surface area contributed by atoms with Crippen LogP contribution >= 0.6 is 13.5 Å². The van der Waals surface area contributed by atoms with Crippen LogP contribution in [0.4, 0.5) is 10.2 Å². The Hall–Kier alpha value is -4.32. The minimum Gasteiger partial charge on any atom is -0.345 e. The van der Waals surface area contributed by atoms with Gasteiger partial charge in [-0.05, 0) is 25.1 Å². The Bertz CT molecular complexity index is 1710. The standard InChI is InChI=1S/C24H18FN7O3.H2S/c1-13(33)16-10-26-21-19(16)23(28-12-27-21)30-11-15(34)9-18(30)22-29-31-8-7-17(25)20(31)24(35)32(22)14-5-3-2-4-6-14;/h2-8,10,12,18H,9,11H2,1H3,(H,26,27,28);1H2/t18-;/m0./s1. The Morgan fingerprint density at radius 1 is 1.14 bits per heavy atom. The number of fused-ring (bicyclic) bond motifs is 2. The predicted molar refractivity (Wildman–Crippen MR) is 135 cm³/mol. The van der Waals surface area contributed by atoms with E-state index in [9.17, 15) is 18.8 Å². The summed E-state index contributed by atoms with van der Waals surface area (Å²) in [7, 11) is 0. The lowest BCUT2D eigenvalue weighted by Gasteiger charge is -2.27. The third-order valence-corrected chi connectivity index (χ3v) is 6.22. The van der Waals surface area contributed by atoms with Crippen molar-refractivity contribution in [3.05, 3.63) is 82.7 Å². The fraction of sp³-hybridized carbons (Fsp3) is 0.167. The van der Waals surface area contributed by atoms with Crippen LogP contribution in [0, 0.1) is 5.82 Å². The van der Waals surface area contributed by atoms with Gasteiger partial charge in [0, 0.05) is 24.4 Å². The number of carbonyl (C=O) groups is 2. The summed E-state index contributed by atoms with van der Waals surface area (Å²) in [6, 6.07) is 9.23. The van der Waals surface area contributed by atoms with Crippen molar-refractivity contribution in [3.8, 4) is 5.69 Å². The van der Waals surface area contributed by atoms with E-state index >= 15 is 0 Å². The quantitative estimate of drug-likeness (QED) is 0.373. The highest BCUT2D eigenvalue weighted by Crippen LogP contribution is 2.37. The number of aromatic nitrogens is 6. The number of halogens is 1. The van der Waals surface area contributed by atoms with E-state index in [0.29, 0.717) is 28.1 Å². The van der Waals surface area contributed by atoms with E-state index in [-0.39, 0.29) is 49.4 Å². The second kappa shape index (κ2) is 8.72. The molecule has 0 saturated carbocycles. The molecular formula is C24H20FN7O3S. The van der Waals surface area contributed by atoms with Gasteiger partial charge in [-0.15, -0.1) is 0 Å². The molecule has 0 aliphatic carbocycles. The number of rotatable bonds is 4. The zero-order valence-electron chi connectivity index (χ0n) is 19.0. The number of aromatic amines is 1. The summed E-state index contributed by atoms with van der Waals surface area (Å²) in [4.78, 5) is 51.9. The zero-order valence-corrected chi connectivity index (χ0v) is 20.0. The summed E-state index contributed by atoms with van der Waals surface area (Å²) < 4.78 is 17.0. The van der Waals surface area contributed by atoms with E-state index in [0.717, 1.165) is 0 Å². The van der Waals surface area contributed by atoms with Crippen molar-refractivity contribution in [1.29, 1.82) is 0 Å². The Morgan fingerprint density at radius 2 is 1.92 bits per heavy atom. The number of para-hydroxylation sites is 1. The Kier molecular flexibility index (Phi) is 5.67. The van der Waals surface area contributed by atoms with Crippen LogP contribution in [0.15, 0.2) is 59.9 Å². The van der Waals surface area contributed by atoms with Gasteiger partial charge in [0.2, 0.25) is 0 Å². The number of carbonyl (C=O) groups excluding carboxylic acids is 2. The minimum atomic E-state index is -0.696. The SMILES string of the molecule is CC(=O)c1c[nH]c2ncnc(N3CC(=O)C[C@H]3c3nn4ccc(F)c4c(=O)n3-c3ccccc3)c12.S. The lowest BCUT2D eigenvalue weighted by atomic mass is 10.1. The van der Waals surface area contributed by atoms with Crippen LogP contribution in [0.1, 0.15) is 35.6 Å². The molecule has 0 amide bonds. The van der Waals surface area contributed by atoms with Gasteiger partial charge in [0.15, 0.2) is 28.7 Å². The number of anilines is 1. The fourth-order valence-corrected chi connectivity index (χ4v) is 4.68. The number of hydrogen-bond donors (Lipinski definition) is 1. The van der Waals surface area contributed by atoms with Crippen LogP contribution in [0.25, 0.3) is 22.2 Å². The Balaban J connectivity index is 0.00000267. The van der Waals surface area contributed by atoms with Gasteiger partial charge in [-0.25, -0.2) is 18.9 Å². The lowest BCUT2D eigenvalue weighted by molar-refractivity contribution is -0.116. The molecule has 1 saturated heterocycles. The summed E-state index contributed by atoms with van der Waals surface area (Å²) in [5.74, 6) is -0.326. The van der Waals surface area contributed by atoms with E-state index in [1.807, 2.05) is 0 Å². The van der Waals surface area contributed by atoms with E-state index in [4.69, 9.17) is 0 Å². The number of nitrogens with one attached hydrogen (secondary N) is 1. The van der Waals surface area contributed by atoms with E-state index in [1.54, 1.807) is 41.4 Å². The normalized spacial score (nSPS) is 15.6. The molecule has 1 aliphatic heterocycles. The molecule has 1 atom stereocenters. The van der Waals surface area contributed by atoms with Crippen molar-refractivity contribution in [1.82, 2.24) is 29.1 Å². The molecule has 5 heterocycles. The third kappa shape index (κ3) is 3.49. The van der Waals surface area contributed by atoms with Gasteiger partial charge in [0.05, 0.1) is 23.7 Å². The van der Waals surface area contributed by atoms with Gasteiger partial charge >= 0.3 is 0 Å². The number of Topliss-reactive ketones (excluding diaryl/α,β-unsaturated/α-hetero) is 2. The second-order valence-electron chi connectivity index (χ2n) is 8.36. The molecule has 1 fully saturated rings. The zero-order chi connectivity index (χ0) is 24.3. The summed E-state index contributed by atoms with van der Waals surface area (Å²) in [6.45, 7) is 1.44. The Morgan fingerprint density at radius 3 is 2.67 bits per heavy atom. The van der Waals surface area contributed by atoms with Crippen LogP contribution in [0.3, 0.4) is 0 Å². The first kappa shape index (κ1) is 23.4. The minimum absolute atomic E-state index is 0. The molecule has 0 radical (unpaired) electrons. The Labute approximate surface area is 209 Å². The molecule has 1 aliphatic rings. The number of benzene rings is 1. The second-order valence-corrected chi connectivity index (χ2v) is 8.36. The largest absolute Gasteiger partial charge is 0.345 e. The van der Waals surface area contributed by atoms with Gasteiger partial charge in [0.25, 0.3) is 5.56 Å². The molecule has 0 bridgehead atoms. The molecule has 4 aromatic heterocycles. The molecule has 1 aromatic carbocycles. The number of nitrogens with zero attached hydrogens (tertiary/aromatic N) is 6. The number of H-pyrrole nitrogens is 1.